The zero-order valence-electron chi connectivity index (χ0n) is 20.1. The van der Waals surface area contributed by atoms with Crippen LogP contribution in [-0.2, 0) is 23.8 Å². The molecule has 10 nitrogen and oxygen atoms in total. The van der Waals surface area contributed by atoms with Gasteiger partial charge in [0.1, 0.15) is 12.2 Å². The van der Waals surface area contributed by atoms with Crippen molar-refractivity contribution in [3.63, 3.8) is 0 Å². The van der Waals surface area contributed by atoms with Crippen molar-refractivity contribution in [3.8, 4) is 11.5 Å². The maximum Gasteiger partial charge on any atom is 0.331 e. The summed E-state index contributed by atoms with van der Waals surface area (Å²) < 4.78 is 22.2. The Hall–Kier alpha value is -2.88. The number of aromatic hydroxyl groups is 1. The summed E-state index contributed by atoms with van der Waals surface area (Å²) >= 11 is 0. The summed E-state index contributed by atoms with van der Waals surface area (Å²) in [6.07, 6.45) is 3.40. The largest absolute Gasteiger partial charge is 0.503 e. The summed E-state index contributed by atoms with van der Waals surface area (Å²) in [6.45, 7) is 5.86. The van der Waals surface area contributed by atoms with Crippen molar-refractivity contribution in [1.29, 1.82) is 0 Å². The number of rotatable bonds is 8. The molecule has 2 fully saturated rings. The summed E-state index contributed by atoms with van der Waals surface area (Å²) in [6, 6.07) is 0.275. The van der Waals surface area contributed by atoms with Gasteiger partial charge in [-0.15, -0.1) is 0 Å². The van der Waals surface area contributed by atoms with E-state index in [1.54, 1.807) is 6.92 Å². The fraction of sp³-hybridized carbons (Fsp3) is 0.667. The maximum absolute atomic E-state index is 12.9. The van der Waals surface area contributed by atoms with Crippen molar-refractivity contribution in [1.82, 2.24) is 10.3 Å². The second-order valence-corrected chi connectivity index (χ2v) is 9.30. The van der Waals surface area contributed by atoms with Gasteiger partial charge in [-0.05, 0) is 32.1 Å². The summed E-state index contributed by atoms with van der Waals surface area (Å²) in [4.78, 5) is 41.9. The van der Waals surface area contributed by atoms with Crippen LogP contribution in [-0.4, -0.2) is 66.5 Å². The maximum atomic E-state index is 12.9. The number of hydrogen-bond acceptors (Lipinski definition) is 9. The van der Waals surface area contributed by atoms with Crippen LogP contribution < -0.4 is 10.1 Å². The molecule has 0 aromatic carbocycles. The van der Waals surface area contributed by atoms with E-state index in [1.807, 2.05) is 0 Å². The molecular formula is C24H34N2O8. The molecule has 0 unspecified atom stereocenters. The van der Waals surface area contributed by atoms with Crippen LogP contribution in [0.5, 0.6) is 11.5 Å². The van der Waals surface area contributed by atoms with E-state index in [2.05, 4.69) is 24.1 Å². The highest BCUT2D eigenvalue weighted by Crippen LogP contribution is 2.33. The van der Waals surface area contributed by atoms with Crippen LogP contribution in [0.4, 0.5) is 0 Å². The lowest BCUT2D eigenvalue weighted by atomic mass is 9.89. The Labute approximate surface area is 199 Å². The highest BCUT2D eigenvalue weighted by Gasteiger charge is 2.39. The van der Waals surface area contributed by atoms with Gasteiger partial charge in [0.25, 0.3) is 5.91 Å². The molecule has 4 atom stereocenters. The van der Waals surface area contributed by atoms with Crippen LogP contribution in [0.15, 0.2) is 12.3 Å². The number of carbonyl (C=O) groups is 3. The predicted molar refractivity (Wildman–Crippen MR) is 120 cm³/mol. The van der Waals surface area contributed by atoms with Crippen molar-refractivity contribution >= 4 is 17.8 Å². The normalized spacial score (nSPS) is 25.5. The first kappa shape index (κ1) is 25.7. The van der Waals surface area contributed by atoms with Gasteiger partial charge in [0.05, 0.1) is 26.2 Å². The molecule has 1 aliphatic carbocycles. The van der Waals surface area contributed by atoms with E-state index in [0.29, 0.717) is 12.3 Å². The van der Waals surface area contributed by atoms with Crippen molar-refractivity contribution in [2.24, 2.45) is 17.8 Å². The molecule has 1 aliphatic heterocycles. The first-order valence-corrected chi connectivity index (χ1v) is 11.7. The first-order valence-electron chi connectivity index (χ1n) is 11.7. The number of nitrogens with one attached hydrogen (secondary N) is 1. The standard InChI is InChI=1S/C24H34N2O8/c1-13(2)5-8-16-14(3)33-24(30)17(11-32-12-19(16)34-23(29)15-6-7-15)26-22(28)20-21(27)18(31-4)9-10-25-20/h9-10,13-17,19,27H,5-8,11-12H2,1-4H3,(H,26,28)/t14-,16-,17-,19-/m0/s1. The van der Waals surface area contributed by atoms with E-state index < -0.39 is 35.9 Å². The first-order chi connectivity index (χ1) is 16.2. The number of pyridine rings is 1. The molecule has 2 heterocycles. The van der Waals surface area contributed by atoms with Gasteiger partial charge in [0.2, 0.25) is 0 Å². The van der Waals surface area contributed by atoms with Gasteiger partial charge in [-0.3, -0.25) is 9.59 Å². The number of ether oxygens (including phenoxy) is 4. The molecule has 188 valence electrons. The Morgan fingerprint density at radius 1 is 1.29 bits per heavy atom. The number of methoxy groups -OCH3 is 1. The Balaban J connectivity index is 1.74. The summed E-state index contributed by atoms with van der Waals surface area (Å²) in [5.41, 5.74) is -0.286. The van der Waals surface area contributed by atoms with Crippen molar-refractivity contribution < 1.29 is 38.4 Å². The van der Waals surface area contributed by atoms with Gasteiger partial charge in [-0.1, -0.05) is 20.3 Å². The third-order valence-corrected chi connectivity index (χ3v) is 6.12. The molecule has 10 heteroatoms. The minimum absolute atomic E-state index is 0.0636. The third-order valence-electron chi connectivity index (χ3n) is 6.12. The Bertz CT molecular complexity index is 886. The Kier molecular flexibility index (Phi) is 8.71. The fourth-order valence-electron chi connectivity index (χ4n) is 3.88. The molecule has 2 N–H and O–H groups in total. The van der Waals surface area contributed by atoms with Gasteiger partial charge in [-0.25, -0.2) is 9.78 Å². The molecule has 0 radical (unpaired) electrons. The van der Waals surface area contributed by atoms with Crippen molar-refractivity contribution in [2.45, 2.75) is 64.7 Å². The second kappa shape index (κ2) is 11.5. The number of carbonyl (C=O) groups excluding carboxylic acids is 3. The van der Waals surface area contributed by atoms with Gasteiger partial charge in [0, 0.05) is 18.2 Å². The van der Waals surface area contributed by atoms with Crippen LogP contribution in [0.25, 0.3) is 0 Å². The number of aromatic nitrogens is 1. The third kappa shape index (κ3) is 6.59. The predicted octanol–water partition coefficient (Wildman–Crippen LogP) is 2.23. The molecule has 2 aliphatic rings. The van der Waals surface area contributed by atoms with Crippen LogP contribution in [0.3, 0.4) is 0 Å². The monoisotopic (exact) mass is 478 g/mol. The highest BCUT2D eigenvalue weighted by atomic mass is 16.6. The molecule has 34 heavy (non-hydrogen) atoms. The molecule has 0 bridgehead atoms. The topological polar surface area (TPSA) is 133 Å². The van der Waals surface area contributed by atoms with E-state index in [0.717, 1.165) is 19.3 Å². The lowest BCUT2D eigenvalue weighted by Crippen LogP contribution is -2.46. The molecular weight excluding hydrogens is 444 g/mol. The number of esters is 2. The van der Waals surface area contributed by atoms with E-state index >= 15 is 0 Å². The SMILES string of the molecule is COc1ccnc(C(=O)N[C@H]2COC[C@H](OC(=O)C3CC3)[C@@H](CCC(C)C)[C@H](C)OC2=O)c1O. The number of hydrogen-bond donors (Lipinski definition) is 2. The zero-order chi connectivity index (χ0) is 24.8. The summed E-state index contributed by atoms with van der Waals surface area (Å²) in [7, 11) is 1.35. The quantitative estimate of drug-likeness (QED) is 0.540. The zero-order valence-corrected chi connectivity index (χ0v) is 20.1. The molecule has 0 spiro atoms. The van der Waals surface area contributed by atoms with Crippen molar-refractivity contribution in [2.75, 3.05) is 20.3 Å². The molecule has 1 saturated heterocycles. The Morgan fingerprint density at radius 2 is 2.03 bits per heavy atom. The highest BCUT2D eigenvalue weighted by molar-refractivity contribution is 5.98. The van der Waals surface area contributed by atoms with Gasteiger partial charge in [0.15, 0.2) is 23.2 Å². The minimum atomic E-state index is -1.13. The number of cyclic esters (lactones) is 1. The molecule has 1 amide bonds. The lowest BCUT2D eigenvalue weighted by molar-refractivity contribution is -0.163. The van der Waals surface area contributed by atoms with Crippen LogP contribution in [0.1, 0.15) is 56.9 Å². The molecule has 1 aromatic rings. The van der Waals surface area contributed by atoms with Crippen molar-refractivity contribution in [3.05, 3.63) is 18.0 Å². The van der Waals surface area contributed by atoms with Crippen LogP contribution in [0.2, 0.25) is 0 Å². The summed E-state index contributed by atoms with van der Waals surface area (Å²) in [5.74, 6) is -1.94. The van der Waals surface area contributed by atoms with E-state index in [4.69, 9.17) is 18.9 Å². The van der Waals surface area contributed by atoms with Gasteiger partial charge >= 0.3 is 11.9 Å². The van der Waals surface area contributed by atoms with Crippen LogP contribution in [0, 0.1) is 17.8 Å². The fourth-order valence-corrected chi connectivity index (χ4v) is 3.88. The van der Waals surface area contributed by atoms with E-state index in [9.17, 15) is 19.5 Å². The summed E-state index contributed by atoms with van der Waals surface area (Å²) in [5, 5.41) is 12.7. The molecule has 3 rings (SSSR count). The molecule has 1 saturated carbocycles. The van der Waals surface area contributed by atoms with E-state index in [1.165, 1.54) is 19.4 Å². The van der Waals surface area contributed by atoms with E-state index in [-0.39, 0.29) is 42.5 Å². The number of amides is 1. The van der Waals surface area contributed by atoms with Crippen LogP contribution >= 0.6 is 0 Å². The lowest BCUT2D eigenvalue weighted by Gasteiger charge is -2.31. The average Bonchev–Trinajstić information content (AvgIpc) is 3.62. The molecule has 1 aromatic heterocycles. The minimum Gasteiger partial charge on any atom is -0.503 e. The Morgan fingerprint density at radius 3 is 2.68 bits per heavy atom. The van der Waals surface area contributed by atoms with Gasteiger partial charge in [-0.2, -0.15) is 0 Å². The average molecular weight is 479 g/mol. The smallest absolute Gasteiger partial charge is 0.331 e. The van der Waals surface area contributed by atoms with Gasteiger partial charge < -0.3 is 29.4 Å². The number of nitrogens with zero attached hydrogens (tertiary/aromatic N) is 1. The second-order valence-electron chi connectivity index (χ2n) is 9.30.